The van der Waals surface area contributed by atoms with E-state index < -0.39 is 5.54 Å². The summed E-state index contributed by atoms with van der Waals surface area (Å²) in [6.07, 6.45) is 0.524. The third-order valence-corrected chi connectivity index (χ3v) is 2.63. The van der Waals surface area contributed by atoms with Crippen molar-refractivity contribution in [1.29, 1.82) is 5.26 Å². The molecule has 0 fully saturated rings. The van der Waals surface area contributed by atoms with E-state index in [1.807, 2.05) is 0 Å². The molecule has 1 unspecified atom stereocenters. The van der Waals surface area contributed by atoms with Gasteiger partial charge in [0.05, 0.1) is 23.3 Å². The van der Waals surface area contributed by atoms with Crippen molar-refractivity contribution in [2.45, 2.75) is 5.54 Å². The average Bonchev–Trinajstić information content (AvgIpc) is 2.37. The van der Waals surface area contributed by atoms with Crippen LogP contribution in [0.4, 0.5) is 5.69 Å². The number of para-hydroxylation sites is 1. The summed E-state index contributed by atoms with van der Waals surface area (Å²) < 4.78 is 0. The SMILES string of the molecule is N#CC(CN)(CNC=O)Nc1ccccc1Cl. The Balaban J connectivity index is 2.91. The number of anilines is 1. The molecule has 0 saturated heterocycles. The highest BCUT2D eigenvalue weighted by Gasteiger charge is 2.28. The predicted octanol–water partition coefficient (Wildman–Crippen LogP) is 0.719. The molecule has 0 heterocycles. The van der Waals surface area contributed by atoms with E-state index in [0.717, 1.165) is 0 Å². The summed E-state index contributed by atoms with van der Waals surface area (Å²) in [6, 6.07) is 9.08. The second kappa shape index (κ2) is 6.09. The van der Waals surface area contributed by atoms with E-state index in [-0.39, 0.29) is 13.1 Å². The Morgan fingerprint density at radius 1 is 1.53 bits per heavy atom. The number of hydrogen-bond acceptors (Lipinski definition) is 4. The summed E-state index contributed by atoms with van der Waals surface area (Å²) in [6.45, 7) is 0.157. The van der Waals surface area contributed by atoms with Gasteiger partial charge in [0.1, 0.15) is 0 Å². The maximum absolute atomic E-state index is 10.3. The third kappa shape index (κ3) is 3.34. The van der Waals surface area contributed by atoms with Crippen molar-refractivity contribution in [2.24, 2.45) is 5.73 Å². The Hall–Kier alpha value is -1.77. The van der Waals surface area contributed by atoms with Crippen LogP contribution in [0.15, 0.2) is 24.3 Å². The predicted molar refractivity (Wildman–Crippen MR) is 66.5 cm³/mol. The molecule has 1 rings (SSSR count). The molecule has 0 radical (unpaired) electrons. The maximum atomic E-state index is 10.3. The molecule has 0 aromatic heterocycles. The first kappa shape index (κ1) is 13.3. The van der Waals surface area contributed by atoms with Crippen molar-refractivity contribution in [3.05, 3.63) is 29.3 Å². The smallest absolute Gasteiger partial charge is 0.207 e. The van der Waals surface area contributed by atoms with Crippen LogP contribution in [0.5, 0.6) is 0 Å². The summed E-state index contributed by atoms with van der Waals surface area (Å²) in [4.78, 5) is 10.3. The Morgan fingerprint density at radius 2 is 2.24 bits per heavy atom. The molecule has 17 heavy (non-hydrogen) atoms. The summed E-state index contributed by atoms with van der Waals surface area (Å²) in [5.74, 6) is 0. The van der Waals surface area contributed by atoms with Crippen molar-refractivity contribution >= 4 is 23.7 Å². The fraction of sp³-hybridized carbons (Fsp3) is 0.273. The number of nitrogens with one attached hydrogen (secondary N) is 2. The lowest BCUT2D eigenvalue weighted by Gasteiger charge is -2.27. The third-order valence-electron chi connectivity index (χ3n) is 2.30. The largest absolute Gasteiger partial charge is 0.364 e. The normalized spacial score (nSPS) is 13.2. The monoisotopic (exact) mass is 252 g/mol. The highest BCUT2D eigenvalue weighted by Crippen LogP contribution is 2.23. The first-order valence-corrected chi connectivity index (χ1v) is 5.36. The van der Waals surface area contributed by atoms with Crippen molar-refractivity contribution < 1.29 is 4.79 Å². The van der Waals surface area contributed by atoms with Gasteiger partial charge in [-0.3, -0.25) is 4.79 Å². The van der Waals surface area contributed by atoms with Crippen LogP contribution in [0.3, 0.4) is 0 Å². The maximum Gasteiger partial charge on any atom is 0.207 e. The van der Waals surface area contributed by atoms with E-state index in [1.54, 1.807) is 24.3 Å². The number of nitrogens with zero attached hydrogens (tertiary/aromatic N) is 1. The van der Waals surface area contributed by atoms with Gasteiger partial charge in [-0.25, -0.2) is 0 Å². The van der Waals surface area contributed by atoms with E-state index in [0.29, 0.717) is 17.1 Å². The van der Waals surface area contributed by atoms with Gasteiger partial charge in [0, 0.05) is 6.54 Å². The number of carbonyl (C=O) groups excluding carboxylic acids is 1. The lowest BCUT2D eigenvalue weighted by Crippen LogP contribution is -2.51. The van der Waals surface area contributed by atoms with E-state index in [4.69, 9.17) is 22.6 Å². The molecule has 5 nitrogen and oxygen atoms in total. The second-order valence-corrected chi connectivity index (χ2v) is 3.91. The highest BCUT2D eigenvalue weighted by atomic mass is 35.5. The van der Waals surface area contributed by atoms with E-state index in [9.17, 15) is 4.79 Å². The van der Waals surface area contributed by atoms with E-state index >= 15 is 0 Å². The van der Waals surface area contributed by atoms with Crippen LogP contribution in [0.2, 0.25) is 5.02 Å². The standard InChI is InChI=1S/C11H13ClN4O/c12-9-3-1-2-4-10(9)16-11(5-13,6-14)7-15-8-17/h1-4,8,16H,5,7,13H2,(H,15,17). The lowest BCUT2D eigenvalue weighted by atomic mass is 10.0. The number of hydrogen-bond donors (Lipinski definition) is 3. The van der Waals surface area contributed by atoms with Gasteiger partial charge in [0.25, 0.3) is 0 Å². The van der Waals surface area contributed by atoms with Gasteiger partial charge >= 0.3 is 0 Å². The summed E-state index contributed by atoms with van der Waals surface area (Å²) in [5.41, 5.74) is 5.11. The molecule has 4 N–H and O–H groups in total. The topological polar surface area (TPSA) is 90.9 Å². The minimum absolute atomic E-state index is 0.0512. The van der Waals surface area contributed by atoms with Crippen LogP contribution in [-0.4, -0.2) is 25.0 Å². The molecule has 0 bridgehead atoms. The first-order valence-electron chi connectivity index (χ1n) is 4.98. The van der Waals surface area contributed by atoms with Crippen LogP contribution in [-0.2, 0) is 4.79 Å². The molecule has 0 aliphatic rings. The Kier molecular flexibility index (Phi) is 4.76. The number of nitriles is 1. The first-order chi connectivity index (χ1) is 8.17. The van der Waals surface area contributed by atoms with E-state index in [2.05, 4.69) is 16.7 Å². The zero-order valence-electron chi connectivity index (χ0n) is 9.11. The zero-order chi connectivity index (χ0) is 12.7. The number of nitrogens with two attached hydrogens (primary N) is 1. The van der Waals surface area contributed by atoms with Crippen molar-refractivity contribution in [1.82, 2.24) is 5.32 Å². The van der Waals surface area contributed by atoms with Gasteiger partial charge in [0.15, 0.2) is 5.54 Å². The molecular weight excluding hydrogens is 240 g/mol. The van der Waals surface area contributed by atoms with Crippen LogP contribution in [0.25, 0.3) is 0 Å². The molecule has 1 aromatic carbocycles. The molecule has 0 spiro atoms. The molecule has 1 atom stereocenters. The minimum atomic E-state index is -1.06. The average molecular weight is 253 g/mol. The Labute approximate surface area is 105 Å². The van der Waals surface area contributed by atoms with Gasteiger partial charge in [-0.1, -0.05) is 23.7 Å². The fourth-order valence-corrected chi connectivity index (χ4v) is 1.50. The molecule has 0 saturated carbocycles. The molecule has 0 aliphatic heterocycles. The van der Waals surface area contributed by atoms with Crippen molar-refractivity contribution in [3.8, 4) is 6.07 Å². The molecule has 1 aromatic rings. The van der Waals surface area contributed by atoms with Gasteiger partial charge in [-0.2, -0.15) is 5.26 Å². The summed E-state index contributed by atoms with van der Waals surface area (Å²) >= 11 is 5.98. The van der Waals surface area contributed by atoms with Crippen molar-refractivity contribution in [2.75, 3.05) is 18.4 Å². The van der Waals surface area contributed by atoms with Crippen LogP contribution in [0, 0.1) is 11.3 Å². The summed E-state index contributed by atoms with van der Waals surface area (Å²) in [5, 5.41) is 15.1. The Bertz CT molecular complexity index is 432. The minimum Gasteiger partial charge on any atom is -0.364 e. The van der Waals surface area contributed by atoms with Crippen molar-refractivity contribution in [3.63, 3.8) is 0 Å². The highest BCUT2D eigenvalue weighted by molar-refractivity contribution is 6.33. The van der Waals surface area contributed by atoms with Crippen LogP contribution < -0.4 is 16.4 Å². The summed E-state index contributed by atoms with van der Waals surface area (Å²) in [7, 11) is 0. The van der Waals surface area contributed by atoms with Crippen LogP contribution in [0.1, 0.15) is 0 Å². The number of halogens is 1. The number of carbonyl (C=O) groups is 1. The second-order valence-electron chi connectivity index (χ2n) is 3.50. The van der Waals surface area contributed by atoms with Gasteiger partial charge in [-0.15, -0.1) is 0 Å². The van der Waals surface area contributed by atoms with Gasteiger partial charge in [0.2, 0.25) is 6.41 Å². The van der Waals surface area contributed by atoms with E-state index in [1.165, 1.54) is 0 Å². The number of amides is 1. The fourth-order valence-electron chi connectivity index (χ4n) is 1.32. The van der Waals surface area contributed by atoms with Gasteiger partial charge in [-0.05, 0) is 12.1 Å². The molecular formula is C11H13ClN4O. The Morgan fingerprint density at radius 3 is 2.76 bits per heavy atom. The molecule has 90 valence electrons. The number of benzene rings is 1. The molecule has 6 heteroatoms. The van der Waals surface area contributed by atoms with Gasteiger partial charge < -0.3 is 16.4 Å². The van der Waals surface area contributed by atoms with Crippen LogP contribution >= 0.6 is 11.6 Å². The lowest BCUT2D eigenvalue weighted by molar-refractivity contribution is -0.109. The number of rotatable bonds is 6. The quantitative estimate of drug-likeness (QED) is 0.651. The molecule has 1 amide bonds. The zero-order valence-corrected chi connectivity index (χ0v) is 9.87. The molecule has 0 aliphatic carbocycles.